The van der Waals surface area contributed by atoms with E-state index in [0.29, 0.717) is 0 Å². The molecule has 4 nitrogen and oxygen atoms in total. The number of oxime groups is 1. The zero-order valence-corrected chi connectivity index (χ0v) is 11.4. The highest BCUT2D eigenvalue weighted by Crippen LogP contribution is 2.30. The van der Waals surface area contributed by atoms with Gasteiger partial charge in [-0.05, 0) is 37.8 Å². The van der Waals surface area contributed by atoms with E-state index < -0.39 is 0 Å². The zero-order valence-electron chi connectivity index (χ0n) is 10.6. The van der Waals surface area contributed by atoms with Crippen LogP contribution in [0, 0.1) is 12.8 Å². The van der Waals surface area contributed by atoms with E-state index in [1.807, 2.05) is 19.1 Å². The SMILES string of the molecule is Cc1cc(/C(N)=N/O)cc(SCC2CCCC2)n1. The van der Waals surface area contributed by atoms with E-state index in [9.17, 15) is 0 Å². The first-order chi connectivity index (χ1) is 8.69. The van der Waals surface area contributed by atoms with E-state index in [4.69, 9.17) is 10.9 Å². The Morgan fingerprint density at radius 2 is 2.22 bits per heavy atom. The smallest absolute Gasteiger partial charge is 0.170 e. The third-order valence-corrected chi connectivity index (χ3v) is 4.42. The molecule has 1 heterocycles. The molecule has 3 N–H and O–H groups in total. The van der Waals surface area contributed by atoms with Crippen LogP contribution >= 0.6 is 11.8 Å². The lowest BCUT2D eigenvalue weighted by molar-refractivity contribution is 0.318. The molecule has 1 saturated carbocycles. The average molecular weight is 265 g/mol. The zero-order chi connectivity index (χ0) is 13.0. The van der Waals surface area contributed by atoms with Gasteiger partial charge in [0, 0.05) is 17.0 Å². The summed E-state index contributed by atoms with van der Waals surface area (Å²) < 4.78 is 0. The lowest BCUT2D eigenvalue weighted by atomic mass is 10.1. The predicted molar refractivity (Wildman–Crippen MR) is 74.2 cm³/mol. The fraction of sp³-hybridized carbons (Fsp3) is 0.538. The quantitative estimate of drug-likeness (QED) is 0.289. The fourth-order valence-corrected chi connectivity index (χ4v) is 3.46. The highest BCUT2D eigenvalue weighted by atomic mass is 32.2. The van der Waals surface area contributed by atoms with Gasteiger partial charge in [-0.15, -0.1) is 11.8 Å². The van der Waals surface area contributed by atoms with Crippen LogP contribution < -0.4 is 5.73 Å². The highest BCUT2D eigenvalue weighted by molar-refractivity contribution is 7.99. The summed E-state index contributed by atoms with van der Waals surface area (Å²) in [5.41, 5.74) is 7.24. The summed E-state index contributed by atoms with van der Waals surface area (Å²) in [6.45, 7) is 1.92. The molecule has 0 unspecified atom stereocenters. The molecule has 0 saturated heterocycles. The van der Waals surface area contributed by atoms with Gasteiger partial charge in [-0.3, -0.25) is 0 Å². The Hall–Kier alpha value is -1.23. The molecule has 2 rings (SSSR count). The van der Waals surface area contributed by atoms with Crippen LogP contribution in [0.5, 0.6) is 0 Å². The van der Waals surface area contributed by atoms with Crippen molar-refractivity contribution in [1.82, 2.24) is 4.98 Å². The van der Waals surface area contributed by atoms with Gasteiger partial charge in [0.2, 0.25) is 0 Å². The average Bonchev–Trinajstić information content (AvgIpc) is 2.88. The summed E-state index contributed by atoms with van der Waals surface area (Å²) in [5, 5.41) is 12.7. The second-order valence-electron chi connectivity index (χ2n) is 4.78. The number of amidine groups is 1. The molecular weight excluding hydrogens is 246 g/mol. The van der Waals surface area contributed by atoms with Gasteiger partial charge in [-0.2, -0.15) is 0 Å². The van der Waals surface area contributed by atoms with Gasteiger partial charge in [-0.25, -0.2) is 4.98 Å². The number of hydrogen-bond acceptors (Lipinski definition) is 4. The summed E-state index contributed by atoms with van der Waals surface area (Å²) in [4.78, 5) is 4.48. The van der Waals surface area contributed by atoms with Crippen LogP contribution in [0.2, 0.25) is 0 Å². The molecule has 0 amide bonds. The number of nitrogens with two attached hydrogens (primary N) is 1. The first kappa shape index (κ1) is 13.2. The first-order valence-corrected chi connectivity index (χ1v) is 7.27. The molecule has 0 aliphatic heterocycles. The van der Waals surface area contributed by atoms with Crippen molar-refractivity contribution in [3.63, 3.8) is 0 Å². The van der Waals surface area contributed by atoms with Crippen LogP contribution in [0.15, 0.2) is 22.3 Å². The summed E-state index contributed by atoms with van der Waals surface area (Å²) in [6.07, 6.45) is 5.40. The van der Waals surface area contributed by atoms with Gasteiger partial charge < -0.3 is 10.9 Å². The van der Waals surface area contributed by atoms with Gasteiger partial charge in [0.25, 0.3) is 0 Å². The topological polar surface area (TPSA) is 71.5 Å². The Morgan fingerprint density at radius 1 is 1.50 bits per heavy atom. The predicted octanol–water partition coefficient (Wildman–Crippen LogP) is 2.77. The highest BCUT2D eigenvalue weighted by Gasteiger charge is 2.15. The van der Waals surface area contributed by atoms with E-state index in [1.165, 1.54) is 25.7 Å². The first-order valence-electron chi connectivity index (χ1n) is 6.28. The molecule has 1 aromatic rings. The number of pyridine rings is 1. The van der Waals surface area contributed by atoms with Crippen LogP contribution in [-0.4, -0.2) is 21.8 Å². The number of rotatable bonds is 4. The Bertz CT molecular complexity index is 442. The fourth-order valence-electron chi connectivity index (χ4n) is 2.30. The van der Waals surface area contributed by atoms with E-state index in [2.05, 4.69) is 10.1 Å². The molecule has 1 aromatic heterocycles. The maximum atomic E-state index is 8.71. The maximum Gasteiger partial charge on any atom is 0.170 e. The van der Waals surface area contributed by atoms with Crippen molar-refractivity contribution in [2.75, 3.05) is 5.75 Å². The van der Waals surface area contributed by atoms with Gasteiger partial charge in [0.05, 0.1) is 5.03 Å². The molecular formula is C13H19N3OS. The number of aromatic nitrogens is 1. The van der Waals surface area contributed by atoms with Crippen LogP contribution in [-0.2, 0) is 0 Å². The Kier molecular flexibility index (Phi) is 4.47. The standard InChI is InChI=1S/C13H19N3OS/c1-9-6-11(13(14)16-17)7-12(15-9)18-8-10-4-2-3-5-10/h6-7,10,17H,2-5,8H2,1H3,(H2,14,16). The molecule has 1 fully saturated rings. The van der Waals surface area contributed by atoms with Crippen LogP contribution in [0.4, 0.5) is 0 Å². The summed E-state index contributed by atoms with van der Waals surface area (Å²) in [7, 11) is 0. The van der Waals surface area contributed by atoms with Crippen molar-refractivity contribution >= 4 is 17.6 Å². The Labute approximate surface area is 112 Å². The van der Waals surface area contributed by atoms with Crippen molar-refractivity contribution < 1.29 is 5.21 Å². The molecule has 1 aliphatic rings. The van der Waals surface area contributed by atoms with Gasteiger partial charge in [0.1, 0.15) is 0 Å². The molecule has 0 atom stereocenters. The molecule has 18 heavy (non-hydrogen) atoms. The van der Waals surface area contributed by atoms with E-state index in [1.54, 1.807) is 11.8 Å². The lowest BCUT2D eigenvalue weighted by Crippen LogP contribution is -2.13. The van der Waals surface area contributed by atoms with Crippen molar-refractivity contribution in [3.05, 3.63) is 23.4 Å². The Balaban J connectivity index is 2.05. The third kappa shape index (κ3) is 3.38. The second kappa shape index (κ2) is 6.09. The van der Waals surface area contributed by atoms with Crippen LogP contribution in [0.3, 0.4) is 0 Å². The van der Waals surface area contributed by atoms with Crippen LogP contribution in [0.1, 0.15) is 36.9 Å². The van der Waals surface area contributed by atoms with Gasteiger partial charge in [-0.1, -0.05) is 18.0 Å². The monoisotopic (exact) mass is 265 g/mol. The summed E-state index contributed by atoms with van der Waals surface area (Å²) in [5.74, 6) is 2.08. The summed E-state index contributed by atoms with van der Waals surface area (Å²) in [6, 6.07) is 3.72. The van der Waals surface area contributed by atoms with E-state index >= 15 is 0 Å². The van der Waals surface area contributed by atoms with E-state index in [-0.39, 0.29) is 5.84 Å². The van der Waals surface area contributed by atoms with Gasteiger partial charge in [0.15, 0.2) is 5.84 Å². The number of hydrogen-bond donors (Lipinski definition) is 2. The molecule has 0 radical (unpaired) electrons. The molecule has 98 valence electrons. The number of aryl methyl sites for hydroxylation is 1. The minimum atomic E-state index is 0.142. The van der Waals surface area contributed by atoms with Crippen molar-refractivity contribution in [3.8, 4) is 0 Å². The third-order valence-electron chi connectivity index (χ3n) is 3.28. The normalized spacial score (nSPS) is 17.3. The largest absolute Gasteiger partial charge is 0.409 e. The maximum absolute atomic E-state index is 8.71. The second-order valence-corrected chi connectivity index (χ2v) is 5.82. The summed E-state index contributed by atoms with van der Waals surface area (Å²) >= 11 is 1.77. The minimum absolute atomic E-state index is 0.142. The van der Waals surface area contributed by atoms with Crippen molar-refractivity contribution in [2.45, 2.75) is 37.6 Å². The van der Waals surface area contributed by atoms with Crippen molar-refractivity contribution in [1.29, 1.82) is 0 Å². The molecule has 5 heteroatoms. The molecule has 0 spiro atoms. The Morgan fingerprint density at radius 3 is 2.89 bits per heavy atom. The molecule has 0 aromatic carbocycles. The van der Waals surface area contributed by atoms with Crippen molar-refractivity contribution in [2.24, 2.45) is 16.8 Å². The molecule has 0 bridgehead atoms. The molecule has 1 aliphatic carbocycles. The van der Waals surface area contributed by atoms with Gasteiger partial charge >= 0.3 is 0 Å². The minimum Gasteiger partial charge on any atom is -0.409 e. The van der Waals surface area contributed by atoms with Crippen LogP contribution in [0.25, 0.3) is 0 Å². The number of thioether (sulfide) groups is 1. The lowest BCUT2D eigenvalue weighted by Gasteiger charge is -2.09. The number of nitrogens with zero attached hydrogens (tertiary/aromatic N) is 2. The van der Waals surface area contributed by atoms with E-state index in [0.717, 1.165) is 28.0 Å².